The first-order valence-electron chi connectivity index (χ1n) is 5.44. The number of pyridine rings is 1. The van der Waals surface area contributed by atoms with Crippen molar-refractivity contribution < 1.29 is 14.1 Å². The largest absolute Gasteiger partial charge is 0.397 e. The average molecular weight is 276 g/mol. The van der Waals surface area contributed by atoms with Crippen LogP contribution >= 0.6 is 0 Å². The van der Waals surface area contributed by atoms with Gasteiger partial charge in [0.15, 0.2) is 0 Å². The zero-order valence-corrected chi connectivity index (χ0v) is 10.0. The molecule has 102 valence electrons. The van der Waals surface area contributed by atoms with E-state index < -0.39 is 22.3 Å². The molecule has 20 heavy (non-hydrogen) atoms. The van der Waals surface area contributed by atoms with Crippen molar-refractivity contribution >= 4 is 23.0 Å². The van der Waals surface area contributed by atoms with Crippen molar-refractivity contribution in [3.63, 3.8) is 0 Å². The predicted molar refractivity (Wildman–Crippen MR) is 69.7 cm³/mol. The molecule has 0 atom stereocenters. The highest BCUT2D eigenvalue weighted by Gasteiger charge is 2.15. The van der Waals surface area contributed by atoms with Crippen LogP contribution < -0.4 is 11.1 Å². The van der Waals surface area contributed by atoms with Crippen LogP contribution in [0.4, 0.5) is 21.5 Å². The number of hydrogen-bond acceptors (Lipinski definition) is 5. The van der Waals surface area contributed by atoms with Crippen LogP contribution in [0.5, 0.6) is 0 Å². The summed E-state index contributed by atoms with van der Waals surface area (Å²) in [4.78, 5) is 25.3. The van der Waals surface area contributed by atoms with Gasteiger partial charge in [-0.25, -0.2) is 0 Å². The van der Waals surface area contributed by atoms with E-state index in [1.807, 2.05) is 0 Å². The fourth-order valence-electron chi connectivity index (χ4n) is 1.54. The first-order chi connectivity index (χ1) is 9.49. The van der Waals surface area contributed by atoms with Gasteiger partial charge >= 0.3 is 5.69 Å². The molecule has 1 amide bonds. The number of aromatic nitrogens is 1. The Morgan fingerprint density at radius 1 is 1.40 bits per heavy atom. The van der Waals surface area contributed by atoms with Gasteiger partial charge in [-0.15, -0.1) is 0 Å². The SMILES string of the molecule is Nc1cnccc1C(=O)Nc1ccc([N+](=O)[O-])c(F)c1. The topological polar surface area (TPSA) is 111 Å². The van der Waals surface area contributed by atoms with Crippen LogP contribution in [0.1, 0.15) is 10.4 Å². The Morgan fingerprint density at radius 2 is 2.15 bits per heavy atom. The van der Waals surface area contributed by atoms with E-state index in [-0.39, 0.29) is 16.9 Å². The Labute approximate surface area is 112 Å². The Morgan fingerprint density at radius 3 is 2.75 bits per heavy atom. The lowest BCUT2D eigenvalue weighted by Crippen LogP contribution is -2.14. The van der Waals surface area contributed by atoms with Crippen molar-refractivity contribution in [3.8, 4) is 0 Å². The predicted octanol–water partition coefficient (Wildman–Crippen LogP) is 1.96. The van der Waals surface area contributed by atoms with Gasteiger partial charge in [-0.3, -0.25) is 19.9 Å². The van der Waals surface area contributed by atoms with Gasteiger partial charge in [0.1, 0.15) is 0 Å². The molecule has 0 spiro atoms. The van der Waals surface area contributed by atoms with Crippen molar-refractivity contribution in [1.82, 2.24) is 4.98 Å². The summed E-state index contributed by atoms with van der Waals surface area (Å²) in [6.45, 7) is 0. The number of nitrogen functional groups attached to an aromatic ring is 1. The highest BCUT2D eigenvalue weighted by molar-refractivity contribution is 6.07. The molecule has 1 aromatic carbocycles. The first-order valence-corrected chi connectivity index (χ1v) is 5.44. The second-order valence-corrected chi connectivity index (χ2v) is 3.84. The summed E-state index contributed by atoms with van der Waals surface area (Å²) in [5.74, 6) is -1.59. The van der Waals surface area contributed by atoms with Crippen LogP contribution in [0.25, 0.3) is 0 Å². The summed E-state index contributed by atoms with van der Waals surface area (Å²) in [6.07, 6.45) is 2.70. The average Bonchev–Trinajstić information content (AvgIpc) is 2.38. The van der Waals surface area contributed by atoms with Gasteiger partial charge in [0.2, 0.25) is 5.82 Å². The van der Waals surface area contributed by atoms with Crippen molar-refractivity contribution in [3.05, 3.63) is 58.2 Å². The standard InChI is InChI=1S/C12H9FN4O3/c13-9-5-7(1-2-11(9)17(19)20)16-12(18)8-3-4-15-6-10(8)14/h1-6H,14H2,(H,16,18). The Kier molecular flexibility index (Phi) is 3.56. The molecule has 0 saturated heterocycles. The number of anilines is 2. The third-order valence-corrected chi connectivity index (χ3v) is 2.50. The van der Waals surface area contributed by atoms with E-state index in [1.54, 1.807) is 0 Å². The lowest BCUT2D eigenvalue weighted by atomic mass is 10.2. The molecular formula is C12H9FN4O3. The maximum Gasteiger partial charge on any atom is 0.304 e. The number of halogens is 1. The Bertz CT molecular complexity index is 690. The van der Waals surface area contributed by atoms with Crippen molar-refractivity contribution in [2.75, 3.05) is 11.1 Å². The van der Waals surface area contributed by atoms with Crippen LogP contribution in [0, 0.1) is 15.9 Å². The summed E-state index contributed by atoms with van der Waals surface area (Å²) in [7, 11) is 0. The van der Waals surface area contributed by atoms with E-state index in [2.05, 4.69) is 10.3 Å². The number of nitrogens with two attached hydrogens (primary N) is 1. The number of amides is 1. The minimum absolute atomic E-state index is 0.0920. The molecule has 0 bridgehead atoms. The molecule has 0 radical (unpaired) electrons. The highest BCUT2D eigenvalue weighted by Crippen LogP contribution is 2.21. The van der Waals surface area contributed by atoms with E-state index in [1.165, 1.54) is 24.5 Å². The van der Waals surface area contributed by atoms with E-state index in [0.717, 1.165) is 12.1 Å². The molecule has 2 rings (SSSR count). The van der Waals surface area contributed by atoms with Crippen LogP contribution in [0.2, 0.25) is 0 Å². The number of nitrogens with zero attached hydrogens (tertiary/aromatic N) is 2. The van der Waals surface area contributed by atoms with E-state index in [4.69, 9.17) is 5.73 Å². The molecule has 0 saturated carbocycles. The lowest BCUT2D eigenvalue weighted by Gasteiger charge is -2.07. The molecule has 2 aromatic rings. The zero-order valence-electron chi connectivity index (χ0n) is 10.0. The van der Waals surface area contributed by atoms with Gasteiger partial charge in [-0.05, 0) is 12.1 Å². The molecule has 1 heterocycles. The number of rotatable bonds is 3. The molecule has 0 aliphatic heterocycles. The Balaban J connectivity index is 2.23. The summed E-state index contributed by atoms with van der Waals surface area (Å²) in [5.41, 5.74) is 5.37. The van der Waals surface area contributed by atoms with E-state index in [0.29, 0.717) is 0 Å². The van der Waals surface area contributed by atoms with E-state index in [9.17, 15) is 19.3 Å². The number of nitro groups is 1. The quantitative estimate of drug-likeness (QED) is 0.657. The van der Waals surface area contributed by atoms with Gasteiger partial charge < -0.3 is 11.1 Å². The van der Waals surface area contributed by atoms with Crippen LogP contribution in [-0.2, 0) is 0 Å². The number of nitro benzene ring substituents is 1. The van der Waals surface area contributed by atoms with Gasteiger partial charge in [-0.2, -0.15) is 4.39 Å². The monoisotopic (exact) mass is 276 g/mol. The number of hydrogen-bond donors (Lipinski definition) is 2. The van der Waals surface area contributed by atoms with Crippen LogP contribution in [0.3, 0.4) is 0 Å². The third-order valence-electron chi connectivity index (χ3n) is 2.50. The normalized spacial score (nSPS) is 10.1. The van der Waals surface area contributed by atoms with Gasteiger partial charge in [-0.1, -0.05) is 0 Å². The Hall–Kier alpha value is -3.03. The molecule has 0 unspecified atom stereocenters. The molecule has 8 heteroatoms. The maximum absolute atomic E-state index is 13.4. The van der Waals surface area contributed by atoms with Gasteiger partial charge in [0.25, 0.3) is 5.91 Å². The first kappa shape index (κ1) is 13.4. The molecule has 3 N–H and O–H groups in total. The zero-order chi connectivity index (χ0) is 14.7. The molecule has 1 aromatic heterocycles. The summed E-state index contributed by atoms with van der Waals surface area (Å²) in [6, 6.07) is 4.48. The minimum Gasteiger partial charge on any atom is -0.397 e. The number of carbonyl (C=O) groups excluding carboxylic acids is 1. The minimum atomic E-state index is -1.03. The molecular weight excluding hydrogens is 267 g/mol. The summed E-state index contributed by atoms with van der Waals surface area (Å²) >= 11 is 0. The molecule has 0 fully saturated rings. The van der Waals surface area contributed by atoms with Crippen LogP contribution in [-0.4, -0.2) is 15.8 Å². The number of benzene rings is 1. The smallest absolute Gasteiger partial charge is 0.304 e. The summed E-state index contributed by atoms with van der Waals surface area (Å²) in [5, 5.41) is 12.9. The highest BCUT2D eigenvalue weighted by atomic mass is 19.1. The number of carbonyl (C=O) groups is 1. The fraction of sp³-hybridized carbons (Fsp3) is 0. The van der Waals surface area contributed by atoms with Gasteiger partial charge in [0, 0.05) is 24.0 Å². The van der Waals surface area contributed by atoms with Crippen LogP contribution in [0.15, 0.2) is 36.7 Å². The maximum atomic E-state index is 13.4. The van der Waals surface area contributed by atoms with E-state index >= 15 is 0 Å². The van der Waals surface area contributed by atoms with Crippen molar-refractivity contribution in [2.45, 2.75) is 0 Å². The fourth-order valence-corrected chi connectivity index (χ4v) is 1.54. The van der Waals surface area contributed by atoms with Crippen molar-refractivity contribution in [1.29, 1.82) is 0 Å². The van der Waals surface area contributed by atoms with Crippen molar-refractivity contribution in [2.24, 2.45) is 0 Å². The lowest BCUT2D eigenvalue weighted by molar-refractivity contribution is -0.387. The van der Waals surface area contributed by atoms with Gasteiger partial charge in [0.05, 0.1) is 22.4 Å². The second kappa shape index (κ2) is 5.31. The third kappa shape index (κ3) is 2.69. The molecule has 0 aliphatic carbocycles. The molecule has 0 aliphatic rings. The molecule has 7 nitrogen and oxygen atoms in total. The number of nitrogens with one attached hydrogen (secondary N) is 1. The summed E-state index contributed by atoms with van der Waals surface area (Å²) < 4.78 is 13.4. The second-order valence-electron chi connectivity index (χ2n) is 3.84.